The van der Waals surface area contributed by atoms with E-state index in [1.54, 1.807) is 18.2 Å². The largest absolute Gasteiger partial charge is 0.420 e. The first kappa shape index (κ1) is 16.0. The van der Waals surface area contributed by atoms with Crippen LogP contribution in [-0.2, 0) is 0 Å². The first-order valence-corrected chi connectivity index (χ1v) is 9.01. The number of carbonyl (C=O) groups excluding carboxylic acids is 1. The van der Waals surface area contributed by atoms with E-state index in [9.17, 15) is 9.18 Å². The Labute approximate surface area is 148 Å². The van der Waals surface area contributed by atoms with E-state index in [-0.39, 0.29) is 23.5 Å². The molecule has 3 heterocycles. The molecule has 1 saturated heterocycles. The molecule has 5 nitrogen and oxygen atoms in total. The minimum Gasteiger partial charge on any atom is -0.420 e. The van der Waals surface area contributed by atoms with E-state index in [4.69, 9.17) is 4.42 Å². The highest BCUT2D eigenvalue weighted by Crippen LogP contribution is 2.30. The van der Waals surface area contributed by atoms with Crippen molar-refractivity contribution in [1.82, 2.24) is 15.1 Å². The van der Waals surface area contributed by atoms with Gasteiger partial charge >= 0.3 is 0 Å². The zero-order valence-corrected chi connectivity index (χ0v) is 14.2. The summed E-state index contributed by atoms with van der Waals surface area (Å²) in [6.45, 7) is 1.30. The molecule has 0 atom stereocenters. The number of aromatic nitrogens is 2. The molecule has 1 aliphatic heterocycles. The molecule has 0 bridgehead atoms. The van der Waals surface area contributed by atoms with E-state index < -0.39 is 0 Å². The van der Waals surface area contributed by atoms with Gasteiger partial charge in [-0.2, -0.15) is 0 Å². The molecule has 0 radical (unpaired) electrons. The molecule has 25 heavy (non-hydrogen) atoms. The second-order valence-electron chi connectivity index (χ2n) is 5.97. The minimum absolute atomic E-state index is 0.0750. The Morgan fingerprint density at radius 3 is 2.68 bits per heavy atom. The molecule has 1 fully saturated rings. The number of hydrogen-bond donors (Lipinski definition) is 0. The van der Waals surface area contributed by atoms with Gasteiger partial charge in [0.25, 0.3) is 11.8 Å². The number of thiophene rings is 1. The van der Waals surface area contributed by atoms with Crippen molar-refractivity contribution < 1.29 is 13.6 Å². The monoisotopic (exact) mass is 357 g/mol. The summed E-state index contributed by atoms with van der Waals surface area (Å²) in [5, 5.41) is 9.98. The van der Waals surface area contributed by atoms with Crippen LogP contribution in [0.25, 0.3) is 11.5 Å². The first-order valence-electron chi connectivity index (χ1n) is 8.13. The van der Waals surface area contributed by atoms with Crippen molar-refractivity contribution in [2.24, 2.45) is 0 Å². The highest BCUT2D eigenvalue weighted by atomic mass is 32.1. The molecule has 128 valence electrons. The smallest absolute Gasteiger partial charge is 0.263 e. The van der Waals surface area contributed by atoms with Gasteiger partial charge in [0.2, 0.25) is 5.89 Å². The summed E-state index contributed by atoms with van der Waals surface area (Å²) in [7, 11) is 0. The zero-order chi connectivity index (χ0) is 17.2. The van der Waals surface area contributed by atoms with Crippen LogP contribution in [0.15, 0.2) is 46.2 Å². The molecule has 7 heteroatoms. The molecule has 0 unspecified atom stereocenters. The summed E-state index contributed by atoms with van der Waals surface area (Å²) in [5.74, 6) is 0.507. The van der Waals surface area contributed by atoms with Crippen molar-refractivity contribution in [2.75, 3.05) is 13.1 Å². The van der Waals surface area contributed by atoms with Crippen LogP contribution in [0.3, 0.4) is 0 Å². The number of likely N-dealkylation sites (tertiary alicyclic amines) is 1. The van der Waals surface area contributed by atoms with Gasteiger partial charge in [0.1, 0.15) is 5.82 Å². The second-order valence-corrected chi connectivity index (χ2v) is 6.92. The average Bonchev–Trinajstić information content (AvgIpc) is 3.34. The quantitative estimate of drug-likeness (QED) is 0.712. The molecule has 1 aromatic carbocycles. The number of hydrogen-bond acceptors (Lipinski definition) is 5. The van der Waals surface area contributed by atoms with Crippen LogP contribution in [0.1, 0.15) is 34.3 Å². The van der Waals surface area contributed by atoms with Crippen LogP contribution in [0, 0.1) is 5.82 Å². The van der Waals surface area contributed by atoms with Crippen molar-refractivity contribution in [3.8, 4) is 11.5 Å². The molecular weight excluding hydrogens is 341 g/mol. The molecule has 4 rings (SSSR count). The van der Waals surface area contributed by atoms with Crippen LogP contribution in [0.2, 0.25) is 0 Å². The fourth-order valence-electron chi connectivity index (χ4n) is 3.03. The first-order chi connectivity index (χ1) is 12.2. The molecule has 0 aliphatic carbocycles. The molecular formula is C18H16FN3O2S. The number of carbonyl (C=O) groups is 1. The van der Waals surface area contributed by atoms with Gasteiger partial charge in [0.15, 0.2) is 0 Å². The van der Waals surface area contributed by atoms with Crippen molar-refractivity contribution in [3.63, 3.8) is 0 Å². The minimum atomic E-state index is -0.380. The Morgan fingerprint density at radius 2 is 1.96 bits per heavy atom. The van der Waals surface area contributed by atoms with Gasteiger partial charge in [-0.15, -0.1) is 21.5 Å². The standard InChI is InChI=1S/C18H16FN3O2S/c19-14-5-2-1-4-13(14)17-21-20-16(24-17)12-7-9-22(10-8-12)18(23)15-6-3-11-25-15/h1-6,11-12H,7-10H2. The van der Waals surface area contributed by atoms with E-state index in [1.807, 2.05) is 22.4 Å². The lowest BCUT2D eigenvalue weighted by Gasteiger charge is -2.30. The Balaban J connectivity index is 1.43. The summed E-state index contributed by atoms with van der Waals surface area (Å²) in [6, 6.07) is 10.1. The van der Waals surface area contributed by atoms with E-state index >= 15 is 0 Å². The van der Waals surface area contributed by atoms with E-state index in [1.165, 1.54) is 17.4 Å². The highest BCUT2D eigenvalue weighted by Gasteiger charge is 2.28. The van der Waals surface area contributed by atoms with Gasteiger partial charge in [-0.1, -0.05) is 18.2 Å². The third-order valence-electron chi connectivity index (χ3n) is 4.41. The predicted molar refractivity (Wildman–Crippen MR) is 91.9 cm³/mol. The Kier molecular flexibility index (Phi) is 4.31. The second kappa shape index (κ2) is 6.76. The lowest BCUT2D eigenvalue weighted by Crippen LogP contribution is -2.37. The van der Waals surface area contributed by atoms with E-state index in [2.05, 4.69) is 10.2 Å². The van der Waals surface area contributed by atoms with Crippen molar-refractivity contribution in [1.29, 1.82) is 0 Å². The topological polar surface area (TPSA) is 59.2 Å². The van der Waals surface area contributed by atoms with Crippen molar-refractivity contribution in [2.45, 2.75) is 18.8 Å². The summed E-state index contributed by atoms with van der Waals surface area (Å²) in [5.41, 5.74) is 0.312. The molecule has 1 aliphatic rings. The van der Waals surface area contributed by atoms with E-state index in [0.29, 0.717) is 24.5 Å². The summed E-state index contributed by atoms with van der Waals surface area (Å²) < 4.78 is 19.5. The average molecular weight is 357 g/mol. The molecule has 0 N–H and O–H groups in total. The van der Waals surface area contributed by atoms with Gasteiger partial charge in [-0.05, 0) is 36.4 Å². The number of nitrogens with zero attached hydrogens (tertiary/aromatic N) is 3. The Hall–Kier alpha value is -2.54. The van der Waals surface area contributed by atoms with Crippen molar-refractivity contribution >= 4 is 17.2 Å². The number of halogens is 1. The maximum absolute atomic E-state index is 13.8. The van der Waals surface area contributed by atoms with Gasteiger partial charge in [0, 0.05) is 19.0 Å². The molecule has 3 aromatic rings. The summed E-state index contributed by atoms with van der Waals surface area (Å²) >= 11 is 1.46. The van der Waals surface area contributed by atoms with Gasteiger partial charge in [-0.25, -0.2) is 4.39 Å². The lowest BCUT2D eigenvalue weighted by atomic mass is 9.97. The third kappa shape index (κ3) is 3.19. The Morgan fingerprint density at radius 1 is 1.16 bits per heavy atom. The fraction of sp³-hybridized carbons (Fsp3) is 0.278. The van der Waals surface area contributed by atoms with Gasteiger partial charge in [0.05, 0.1) is 10.4 Å². The van der Waals surface area contributed by atoms with Gasteiger partial charge in [-0.3, -0.25) is 4.79 Å². The van der Waals surface area contributed by atoms with Crippen LogP contribution < -0.4 is 0 Å². The molecule has 0 spiro atoms. The van der Waals surface area contributed by atoms with Crippen molar-refractivity contribution in [3.05, 3.63) is 58.4 Å². The zero-order valence-electron chi connectivity index (χ0n) is 13.4. The normalized spacial score (nSPS) is 15.5. The Bertz CT molecular complexity index is 870. The van der Waals surface area contributed by atoms with Crippen LogP contribution in [-0.4, -0.2) is 34.1 Å². The maximum atomic E-state index is 13.8. The van der Waals surface area contributed by atoms with Crippen LogP contribution >= 0.6 is 11.3 Å². The van der Waals surface area contributed by atoms with Gasteiger partial charge < -0.3 is 9.32 Å². The summed E-state index contributed by atoms with van der Waals surface area (Å²) in [6.07, 6.45) is 1.52. The maximum Gasteiger partial charge on any atom is 0.263 e. The summed E-state index contributed by atoms with van der Waals surface area (Å²) in [4.78, 5) is 15.0. The third-order valence-corrected chi connectivity index (χ3v) is 5.27. The SMILES string of the molecule is O=C(c1cccs1)N1CCC(c2nnc(-c3ccccc3F)o2)CC1. The number of piperidine rings is 1. The molecule has 0 saturated carbocycles. The molecule has 2 aromatic heterocycles. The fourth-order valence-corrected chi connectivity index (χ4v) is 3.72. The number of rotatable bonds is 3. The highest BCUT2D eigenvalue weighted by molar-refractivity contribution is 7.12. The van der Waals surface area contributed by atoms with Crippen LogP contribution in [0.5, 0.6) is 0 Å². The number of benzene rings is 1. The van der Waals surface area contributed by atoms with Crippen LogP contribution in [0.4, 0.5) is 4.39 Å². The molecule has 1 amide bonds. The predicted octanol–water partition coefficient (Wildman–Crippen LogP) is 3.96. The van der Waals surface area contributed by atoms with E-state index in [0.717, 1.165) is 17.7 Å². The number of amides is 1. The lowest BCUT2D eigenvalue weighted by molar-refractivity contribution is 0.0711.